The Balaban J connectivity index is 1.70. The first kappa shape index (κ1) is 29.4. The first-order valence-corrected chi connectivity index (χ1v) is 14.3. The molecule has 7 nitrogen and oxygen atoms in total. The van der Waals surface area contributed by atoms with Gasteiger partial charge in [-0.2, -0.15) is 13.2 Å². The van der Waals surface area contributed by atoms with Crippen LogP contribution in [0, 0.1) is 5.82 Å². The van der Waals surface area contributed by atoms with E-state index in [1.807, 2.05) is 4.90 Å². The van der Waals surface area contributed by atoms with Gasteiger partial charge >= 0.3 is 6.18 Å². The number of benzene rings is 2. The number of hydrogen-bond donors (Lipinski definition) is 1. The quantitative estimate of drug-likeness (QED) is 0.381. The van der Waals surface area contributed by atoms with Gasteiger partial charge in [0, 0.05) is 54.5 Å². The Morgan fingerprint density at radius 1 is 1.24 bits per heavy atom. The van der Waals surface area contributed by atoms with Crippen molar-refractivity contribution in [2.75, 3.05) is 56.5 Å². The molecule has 3 aliphatic rings. The number of nitrogens with two attached hydrogens (primary N) is 1. The van der Waals surface area contributed by atoms with Crippen LogP contribution in [0.2, 0.25) is 5.02 Å². The SMILES string of the molecule is C=CC(=O)N1CCN(C2=NC(=C)N3CC(OCCN)CSc4c(-c5ccc(F)c(Cl)c5)c(C(F)(F)F)cc2c43)CC1. The molecule has 2 N–H and O–H groups in total. The summed E-state index contributed by atoms with van der Waals surface area (Å²) in [6, 6.07) is 4.68. The number of aliphatic imine (C=N–C) groups is 1. The molecule has 3 aliphatic heterocycles. The van der Waals surface area contributed by atoms with Crippen molar-refractivity contribution < 1.29 is 27.1 Å². The molecule has 13 heteroatoms. The lowest BCUT2D eigenvalue weighted by Gasteiger charge is -2.40. The molecule has 2 aromatic rings. The number of carbonyl (C=O) groups is 1. The summed E-state index contributed by atoms with van der Waals surface area (Å²) in [6.45, 7) is 10.0. The molecule has 0 aliphatic carbocycles. The van der Waals surface area contributed by atoms with Gasteiger partial charge in [-0.25, -0.2) is 9.38 Å². The highest BCUT2D eigenvalue weighted by molar-refractivity contribution is 7.99. The minimum Gasteiger partial charge on any atom is -0.374 e. The molecule has 5 rings (SSSR count). The van der Waals surface area contributed by atoms with E-state index in [0.29, 0.717) is 72.8 Å². The molecule has 41 heavy (non-hydrogen) atoms. The smallest absolute Gasteiger partial charge is 0.374 e. The molecule has 0 aromatic heterocycles. The van der Waals surface area contributed by atoms with Crippen LogP contribution in [0.25, 0.3) is 11.1 Å². The lowest BCUT2D eigenvalue weighted by Crippen LogP contribution is -2.51. The molecular weight excluding hydrogens is 582 g/mol. The van der Waals surface area contributed by atoms with Crippen molar-refractivity contribution in [3.63, 3.8) is 0 Å². The van der Waals surface area contributed by atoms with E-state index in [1.165, 1.54) is 30.0 Å². The Bertz CT molecular complexity index is 1430. The number of carbonyl (C=O) groups excluding carboxylic acids is 1. The number of rotatable bonds is 5. The zero-order valence-corrected chi connectivity index (χ0v) is 23.6. The van der Waals surface area contributed by atoms with Crippen molar-refractivity contribution in [2.45, 2.75) is 17.2 Å². The summed E-state index contributed by atoms with van der Waals surface area (Å²) in [6.07, 6.45) is -3.88. The van der Waals surface area contributed by atoms with Gasteiger partial charge in [-0.3, -0.25) is 4.79 Å². The topological polar surface area (TPSA) is 74.4 Å². The number of nitrogens with zero attached hydrogens (tertiary/aromatic N) is 4. The molecule has 218 valence electrons. The van der Waals surface area contributed by atoms with E-state index in [9.17, 15) is 22.4 Å². The minimum atomic E-state index is -4.75. The molecule has 2 aromatic carbocycles. The fourth-order valence-electron chi connectivity index (χ4n) is 5.23. The van der Waals surface area contributed by atoms with Crippen LogP contribution in [0.15, 0.2) is 59.2 Å². The number of halogens is 5. The van der Waals surface area contributed by atoms with Gasteiger partial charge in [0.1, 0.15) is 17.5 Å². The molecular formula is C28H28ClF4N5O2S. The van der Waals surface area contributed by atoms with Crippen molar-refractivity contribution >= 4 is 40.8 Å². The number of hydrogen-bond acceptors (Lipinski definition) is 7. The molecule has 1 amide bonds. The van der Waals surface area contributed by atoms with Crippen molar-refractivity contribution in [1.82, 2.24) is 9.80 Å². The van der Waals surface area contributed by atoms with Gasteiger partial charge in [0.25, 0.3) is 0 Å². The average Bonchev–Trinajstić information content (AvgIpc) is 3.15. The predicted octanol–water partition coefficient (Wildman–Crippen LogP) is 4.98. The number of amides is 1. The van der Waals surface area contributed by atoms with Gasteiger partial charge < -0.3 is 25.2 Å². The number of thioether (sulfide) groups is 1. The Labute approximate surface area is 244 Å². The molecule has 0 bridgehead atoms. The first-order valence-electron chi connectivity index (χ1n) is 12.9. The largest absolute Gasteiger partial charge is 0.417 e. The molecule has 1 saturated heterocycles. The zero-order valence-electron chi connectivity index (χ0n) is 22.0. The number of alkyl halides is 3. The Morgan fingerprint density at radius 2 is 1.98 bits per heavy atom. The summed E-state index contributed by atoms with van der Waals surface area (Å²) in [4.78, 5) is 22.4. The monoisotopic (exact) mass is 609 g/mol. The van der Waals surface area contributed by atoms with Gasteiger partial charge in [-0.15, -0.1) is 11.8 Å². The summed E-state index contributed by atoms with van der Waals surface area (Å²) < 4.78 is 64.4. The van der Waals surface area contributed by atoms with Crippen molar-refractivity contribution in [2.24, 2.45) is 10.7 Å². The standard InChI is InChI=1S/C28H28ClF4N5O2S/c1-3-23(39)36-7-9-37(10-8-36)27-19-13-20(28(31,32)33)24(17-4-5-22(30)21(29)12-17)26-25(19)38(16(2)35-27)14-18(15-41-26)40-11-6-34/h3-5,12-13,18H,1-2,6-11,14-15,34H2. The predicted molar refractivity (Wildman–Crippen MR) is 153 cm³/mol. The fraction of sp³-hybridized carbons (Fsp3) is 0.357. The second-order valence-corrected chi connectivity index (χ2v) is 11.2. The fourth-order valence-corrected chi connectivity index (χ4v) is 6.70. The maximum Gasteiger partial charge on any atom is 0.417 e. The average molecular weight is 610 g/mol. The highest BCUT2D eigenvalue weighted by Gasteiger charge is 2.42. The third-order valence-electron chi connectivity index (χ3n) is 7.16. The Morgan fingerprint density at radius 3 is 2.61 bits per heavy atom. The van der Waals surface area contributed by atoms with Crippen molar-refractivity contribution in [3.05, 3.63) is 71.3 Å². The van der Waals surface area contributed by atoms with Crippen LogP contribution in [0.5, 0.6) is 0 Å². The van der Waals surface area contributed by atoms with Crippen LogP contribution >= 0.6 is 23.4 Å². The van der Waals surface area contributed by atoms with Crippen LogP contribution in [0.3, 0.4) is 0 Å². The molecule has 1 unspecified atom stereocenters. The van der Waals surface area contributed by atoms with E-state index >= 15 is 0 Å². The maximum atomic E-state index is 14.8. The van der Waals surface area contributed by atoms with Gasteiger partial charge in [0.15, 0.2) is 0 Å². The highest BCUT2D eigenvalue weighted by Crippen LogP contribution is 2.52. The second-order valence-electron chi connectivity index (χ2n) is 9.72. The third kappa shape index (κ3) is 5.70. The molecule has 0 saturated carbocycles. The summed E-state index contributed by atoms with van der Waals surface area (Å²) >= 11 is 7.27. The van der Waals surface area contributed by atoms with Crippen LogP contribution in [-0.2, 0) is 15.7 Å². The van der Waals surface area contributed by atoms with Crippen LogP contribution in [0.4, 0.5) is 23.2 Å². The summed E-state index contributed by atoms with van der Waals surface area (Å²) in [5.74, 6) is 0.113. The normalized spacial score (nSPS) is 19.1. The summed E-state index contributed by atoms with van der Waals surface area (Å²) in [7, 11) is 0. The third-order valence-corrected chi connectivity index (χ3v) is 8.68. The molecule has 0 radical (unpaired) electrons. The molecule has 1 fully saturated rings. The van der Waals surface area contributed by atoms with E-state index in [1.54, 1.807) is 9.80 Å². The number of ether oxygens (including phenoxy) is 1. The van der Waals surface area contributed by atoms with Gasteiger partial charge in [-0.05, 0) is 29.8 Å². The van der Waals surface area contributed by atoms with E-state index in [4.69, 9.17) is 27.1 Å². The lowest BCUT2D eigenvalue weighted by molar-refractivity contribution is -0.137. The van der Waals surface area contributed by atoms with Crippen LogP contribution in [-0.4, -0.2) is 79.3 Å². The van der Waals surface area contributed by atoms with E-state index < -0.39 is 17.6 Å². The highest BCUT2D eigenvalue weighted by atomic mass is 35.5. The van der Waals surface area contributed by atoms with E-state index in [2.05, 4.69) is 13.2 Å². The molecule has 3 heterocycles. The minimum absolute atomic E-state index is 0.0944. The Hall–Kier alpha value is -3.06. The first-order chi connectivity index (χ1) is 19.5. The van der Waals surface area contributed by atoms with Crippen molar-refractivity contribution in [1.29, 1.82) is 0 Å². The van der Waals surface area contributed by atoms with Gasteiger partial charge in [0.05, 0.1) is 35.5 Å². The molecule has 1 atom stereocenters. The van der Waals surface area contributed by atoms with Crippen LogP contribution in [0.1, 0.15) is 11.1 Å². The van der Waals surface area contributed by atoms with Gasteiger partial charge in [-0.1, -0.05) is 30.8 Å². The number of anilines is 1. The van der Waals surface area contributed by atoms with E-state index in [0.717, 1.165) is 12.1 Å². The second kappa shape index (κ2) is 11.7. The van der Waals surface area contributed by atoms with Crippen molar-refractivity contribution in [3.8, 4) is 11.1 Å². The number of piperazine rings is 1. The molecule has 0 spiro atoms. The van der Waals surface area contributed by atoms with Gasteiger partial charge in [0.2, 0.25) is 5.91 Å². The van der Waals surface area contributed by atoms with Crippen LogP contribution < -0.4 is 10.6 Å². The zero-order chi connectivity index (χ0) is 29.5. The number of amidine groups is 1. The lowest BCUT2D eigenvalue weighted by atomic mass is 9.93. The maximum absolute atomic E-state index is 14.8. The van der Waals surface area contributed by atoms with E-state index in [-0.39, 0.29) is 34.8 Å². The summed E-state index contributed by atoms with van der Waals surface area (Å²) in [5, 5.41) is -0.279. The summed E-state index contributed by atoms with van der Waals surface area (Å²) in [5.41, 5.74) is 5.63. The Kier molecular flexibility index (Phi) is 8.38.